The molecule has 12 heteroatoms. The molecule has 0 atom stereocenters. The Kier molecular flexibility index (Phi) is 9.93. The first-order chi connectivity index (χ1) is 11.4. The Morgan fingerprint density at radius 2 is 2.00 bits per heavy atom. The minimum absolute atomic E-state index is 0. The fourth-order valence-electron chi connectivity index (χ4n) is 2.04. The number of pyridine rings is 1. The summed E-state index contributed by atoms with van der Waals surface area (Å²) in [5.41, 5.74) is -1.79. The zero-order chi connectivity index (χ0) is 17.7. The number of rotatable bonds is 6. The summed E-state index contributed by atoms with van der Waals surface area (Å²) in [5.74, 6) is -1.04. The van der Waals surface area contributed by atoms with E-state index in [1.807, 2.05) is 0 Å². The normalized spacial score (nSPS) is 10.7. The van der Waals surface area contributed by atoms with Gasteiger partial charge in [0.05, 0.1) is 16.8 Å². The first-order valence-corrected chi connectivity index (χ1v) is 7.43. The predicted molar refractivity (Wildman–Crippen MR) is 96.7 cm³/mol. The molecule has 2 aromatic heterocycles. The van der Waals surface area contributed by atoms with Crippen molar-refractivity contribution in [1.29, 1.82) is 0 Å². The lowest BCUT2D eigenvalue weighted by Crippen LogP contribution is -2.29. The lowest BCUT2D eigenvalue weighted by Gasteiger charge is -2.13. The molecule has 1 amide bonds. The molecule has 0 spiro atoms. The Balaban J connectivity index is 0.00000312. The van der Waals surface area contributed by atoms with E-state index < -0.39 is 23.3 Å². The van der Waals surface area contributed by atoms with Crippen LogP contribution in [0.15, 0.2) is 24.5 Å². The maximum absolute atomic E-state index is 13.4. The fraction of sp³-hybridized carbons (Fsp3) is 0.357. The molecule has 146 valence electrons. The Morgan fingerprint density at radius 1 is 1.31 bits per heavy atom. The largest absolute Gasteiger partial charge is 0.434 e. The quantitative estimate of drug-likeness (QED) is 0.685. The average Bonchev–Trinajstić information content (AvgIpc) is 2.97. The SMILES string of the molecule is CNCCCNC(=O)c1cnn(-c2ncccc2Cl)c1C(F)(F)F.Cl.Cl. The van der Waals surface area contributed by atoms with Crippen molar-refractivity contribution in [1.82, 2.24) is 25.4 Å². The number of hydrogen-bond acceptors (Lipinski definition) is 4. The van der Waals surface area contributed by atoms with Gasteiger partial charge in [-0.2, -0.15) is 18.3 Å². The Labute approximate surface area is 165 Å². The van der Waals surface area contributed by atoms with E-state index in [1.54, 1.807) is 7.05 Å². The second-order valence-corrected chi connectivity index (χ2v) is 5.25. The van der Waals surface area contributed by atoms with E-state index in [-0.39, 0.29) is 42.2 Å². The van der Waals surface area contributed by atoms with Crippen molar-refractivity contribution in [2.75, 3.05) is 20.1 Å². The van der Waals surface area contributed by atoms with Crippen LogP contribution in [0.5, 0.6) is 0 Å². The molecule has 2 heterocycles. The number of amides is 1. The van der Waals surface area contributed by atoms with Gasteiger partial charge >= 0.3 is 6.18 Å². The molecule has 2 N–H and O–H groups in total. The smallest absolute Gasteiger partial charge is 0.352 e. The van der Waals surface area contributed by atoms with Crippen LogP contribution in [0.4, 0.5) is 13.2 Å². The molecule has 0 saturated heterocycles. The minimum atomic E-state index is -4.80. The lowest BCUT2D eigenvalue weighted by molar-refractivity contribution is -0.143. The lowest BCUT2D eigenvalue weighted by atomic mass is 10.2. The van der Waals surface area contributed by atoms with Gasteiger partial charge in [0.15, 0.2) is 11.5 Å². The molecule has 0 bridgehead atoms. The molecule has 26 heavy (non-hydrogen) atoms. The van der Waals surface area contributed by atoms with Crippen molar-refractivity contribution in [3.8, 4) is 5.82 Å². The molecule has 0 saturated carbocycles. The summed E-state index contributed by atoms with van der Waals surface area (Å²) in [6, 6.07) is 2.88. The summed E-state index contributed by atoms with van der Waals surface area (Å²) >= 11 is 5.89. The van der Waals surface area contributed by atoms with Gasteiger partial charge < -0.3 is 10.6 Å². The molecule has 0 unspecified atom stereocenters. The molecule has 0 aliphatic carbocycles. The molecular weight excluding hydrogens is 418 g/mol. The number of carbonyl (C=O) groups excluding carboxylic acids is 1. The van der Waals surface area contributed by atoms with E-state index in [1.165, 1.54) is 18.3 Å². The zero-order valence-electron chi connectivity index (χ0n) is 13.5. The van der Waals surface area contributed by atoms with E-state index in [2.05, 4.69) is 20.7 Å². The summed E-state index contributed by atoms with van der Waals surface area (Å²) in [5, 5.41) is 8.97. The predicted octanol–water partition coefficient (Wildman–Crippen LogP) is 3.12. The first kappa shape index (κ1) is 24.5. The maximum Gasteiger partial charge on any atom is 0.434 e. The first-order valence-electron chi connectivity index (χ1n) is 7.05. The van der Waals surface area contributed by atoms with Crippen molar-refractivity contribution in [3.63, 3.8) is 0 Å². The third-order valence-corrected chi connectivity index (χ3v) is 3.41. The maximum atomic E-state index is 13.4. The molecule has 2 aromatic rings. The summed E-state index contributed by atoms with van der Waals surface area (Å²) in [6.07, 6.45) is -2.05. The van der Waals surface area contributed by atoms with Crippen LogP contribution >= 0.6 is 36.4 Å². The molecule has 2 rings (SSSR count). The number of hydrogen-bond donors (Lipinski definition) is 2. The molecule has 0 radical (unpaired) electrons. The zero-order valence-corrected chi connectivity index (χ0v) is 15.9. The number of aromatic nitrogens is 3. The van der Waals surface area contributed by atoms with Crippen LogP contribution in [-0.2, 0) is 6.18 Å². The molecule has 0 fully saturated rings. The molecule has 0 aliphatic rings. The van der Waals surface area contributed by atoms with Gasteiger partial charge in [0.2, 0.25) is 0 Å². The third kappa shape index (κ3) is 5.73. The van der Waals surface area contributed by atoms with Crippen molar-refractivity contribution in [2.24, 2.45) is 0 Å². The van der Waals surface area contributed by atoms with Crippen molar-refractivity contribution in [3.05, 3.63) is 40.8 Å². The van der Waals surface area contributed by atoms with Gasteiger partial charge in [-0.1, -0.05) is 11.6 Å². The van der Waals surface area contributed by atoms with Gasteiger partial charge in [0.25, 0.3) is 5.91 Å². The Morgan fingerprint density at radius 3 is 2.58 bits per heavy atom. The number of carbonyl (C=O) groups is 1. The van der Waals surface area contributed by atoms with Crippen molar-refractivity contribution < 1.29 is 18.0 Å². The number of alkyl halides is 3. The van der Waals surface area contributed by atoms with Gasteiger partial charge in [-0.3, -0.25) is 4.79 Å². The molecule has 6 nitrogen and oxygen atoms in total. The van der Waals surface area contributed by atoms with E-state index in [0.29, 0.717) is 17.6 Å². The summed E-state index contributed by atoms with van der Waals surface area (Å²) in [4.78, 5) is 15.9. The summed E-state index contributed by atoms with van der Waals surface area (Å²) in [7, 11) is 1.74. The Bertz CT molecular complexity index is 724. The van der Waals surface area contributed by atoms with Crippen LogP contribution in [0.25, 0.3) is 5.82 Å². The molecule has 0 aromatic carbocycles. The summed E-state index contributed by atoms with van der Waals surface area (Å²) < 4.78 is 40.9. The highest BCUT2D eigenvalue weighted by Crippen LogP contribution is 2.34. The molecular formula is C14H17Cl3F3N5O. The van der Waals surface area contributed by atoms with Crippen LogP contribution < -0.4 is 10.6 Å². The van der Waals surface area contributed by atoms with Crippen LogP contribution in [0.2, 0.25) is 5.02 Å². The fourth-order valence-corrected chi connectivity index (χ4v) is 2.25. The minimum Gasteiger partial charge on any atom is -0.352 e. The van der Waals surface area contributed by atoms with Crippen LogP contribution in [0.3, 0.4) is 0 Å². The number of nitrogens with zero attached hydrogens (tertiary/aromatic N) is 3. The average molecular weight is 435 g/mol. The highest BCUT2D eigenvalue weighted by molar-refractivity contribution is 6.32. The molecule has 0 aliphatic heterocycles. The highest BCUT2D eigenvalue weighted by Gasteiger charge is 2.41. The van der Waals surface area contributed by atoms with Crippen LogP contribution in [0.1, 0.15) is 22.5 Å². The highest BCUT2D eigenvalue weighted by atomic mass is 35.5. The van der Waals surface area contributed by atoms with Gasteiger partial charge in [-0.25, -0.2) is 9.67 Å². The van der Waals surface area contributed by atoms with Gasteiger partial charge in [0.1, 0.15) is 0 Å². The van der Waals surface area contributed by atoms with Gasteiger partial charge in [-0.05, 0) is 32.1 Å². The Hall–Kier alpha value is -1.55. The van der Waals surface area contributed by atoms with Crippen LogP contribution in [0, 0.1) is 0 Å². The van der Waals surface area contributed by atoms with Gasteiger partial charge in [-0.15, -0.1) is 24.8 Å². The third-order valence-electron chi connectivity index (χ3n) is 3.11. The van der Waals surface area contributed by atoms with E-state index in [9.17, 15) is 18.0 Å². The van der Waals surface area contributed by atoms with Gasteiger partial charge in [0, 0.05) is 12.7 Å². The second-order valence-electron chi connectivity index (χ2n) is 4.84. The number of halogens is 6. The van der Waals surface area contributed by atoms with E-state index >= 15 is 0 Å². The van der Waals surface area contributed by atoms with Crippen LogP contribution in [-0.4, -0.2) is 40.8 Å². The summed E-state index contributed by atoms with van der Waals surface area (Å²) in [6.45, 7) is 0.877. The topological polar surface area (TPSA) is 71.8 Å². The number of nitrogens with one attached hydrogen (secondary N) is 2. The second kappa shape index (κ2) is 10.6. The van der Waals surface area contributed by atoms with Crippen molar-refractivity contribution >= 4 is 42.3 Å². The van der Waals surface area contributed by atoms with E-state index in [4.69, 9.17) is 11.6 Å². The van der Waals surface area contributed by atoms with E-state index in [0.717, 1.165) is 6.20 Å². The standard InChI is InChI=1S/C14H15ClF3N5O.2ClH/c1-19-5-3-7-21-13(24)9-8-22-23(11(9)14(16,17)18)12-10(15)4-2-6-20-12;;/h2,4,6,8,19H,3,5,7H2,1H3,(H,21,24);2*1H. The van der Waals surface area contributed by atoms with Crippen molar-refractivity contribution in [2.45, 2.75) is 12.6 Å². The monoisotopic (exact) mass is 433 g/mol.